The number of nitrogens with zero attached hydrogens (tertiary/aromatic N) is 1. The number of carbonyl (C=O) groups is 2. The molecule has 0 aliphatic carbocycles. The molecule has 0 saturated carbocycles. The van der Waals surface area contributed by atoms with Gasteiger partial charge >= 0.3 is 0 Å². The van der Waals surface area contributed by atoms with Crippen molar-refractivity contribution in [2.75, 3.05) is 13.6 Å². The minimum atomic E-state index is -0.258. The Bertz CT molecular complexity index is 233. The lowest BCUT2D eigenvalue weighted by atomic mass is 10.4. The smallest absolute Gasteiger partial charge is 0.276 e. The average Bonchev–Trinajstić information content (AvgIpc) is 2.19. The quantitative estimate of drug-likeness (QED) is 0.544. The summed E-state index contributed by atoms with van der Waals surface area (Å²) in [4.78, 5) is 23.0. The summed E-state index contributed by atoms with van der Waals surface area (Å²) < 4.78 is 0. The van der Waals surface area contributed by atoms with Crippen LogP contribution in [-0.4, -0.2) is 30.3 Å². The number of rotatable bonds is 2. The van der Waals surface area contributed by atoms with Crippen molar-refractivity contribution in [3.63, 3.8) is 0 Å². The van der Waals surface area contributed by atoms with Gasteiger partial charge in [-0.2, -0.15) is 0 Å². The lowest BCUT2D eigenvalue weighted by Gasteiger charge is -2.06. The summed E-state index contributed by atoms with van der Waals surface area (Å²) in [5.41, 5.74) is 0.389. The molecule has 4 heteroatoms. The van der Waals surface area contributed by atoms with Gasteiger partial charge < -0.3 is 5.32 Å². The van der Waals surface area contributed by atoms with Gasteiger partial charge in [0.05, 0.1) is 0 Å². The third kappa shape index (κ3) is 1.24. The first-order chi connectivity index (χ1) is 5.16. The molecule has 0 saturated heterocycles. The Morgan fingerprint density at radius 1 is 1.55 bits per heavy atom. The largest absolute Gasteiger partial charge is 0.381 e. The van der Waals surface area contributed by atoms with Gasteiger partial charge in [-0.3, -0.25) is 14.5 Å². The number of nitrogens with one attached hydrogen (secondary N) is 1. The highest BCUT2D eigenvalue weighted by Gasteiger charge is 2.26. The highest BCUT2D eigenvalue weighted by atomic mass is 16.2. The van der Waals surface area contributed by atoms with E-state index in [0.717, 1.165) is 4.90 Å². The summed E-state index contributed by atoms with van der Waals surface area (Å²) in [6, 6.07) is 0. The maximum atomic E-state index is 11.1. The van der Waals surface area contributed by atoms with Gasteiger partial charge in [0.2, 0.25) is 0 Å². The van der Waals surface area contributed by atoms with E-state index in [-0.39, 0.29) is 11.8 Å². The van der Waals surface area contributed by atoms with Crippen molar-refractivity contribution >= 4 is 11.8 Å². The first kappa shape index (κ1) is 7.78. The van der Waals surface area contributed by atoms with E-state index in [0.29, 0.717) is 12.2 Å². The number of hydrogen-bond acceptors (Lipinski definition) is 3. The predicted molar refractivity (Wildman–Crippen MR) is 39.5 cm³/mol. The highest BCUT2D eigenvalue weighted by molar-refractivity contribution is 6.15. The van der Waals surface area contributed by atoms with Gasteiger partial charge in [-0.1, -0.05) is 0 Å². The summed E-state index contributed by atoms with van der Waals surface area (Å²) in [7, 11) is 1.46. The normalized spacial score (nSPS) is 17.3. The fourth-order valence-electron chi connectivity index (χ4n) is 0.880. The van der Waals surface area contributed by atoms with Crippen LogP contribution in [0.1, 0.15) is 6.92 Å². The maximum absolute atomic E-state index is 11.1. The molecule has 60 valence electrons. The highest BCUT2D eigenvalue weighted by Crippen LogP contribution is 2.06. The van der Waals surface area contributed by atoms with E-state index in [2.05, 4.69) is 5.32 Å². The summed E-state index contributed by atoms with van der Waals surface area (Å²) in [5, 5.41) is 2.80. The number of carbonyl (C=O) groups excluding carboxylic acids is 2. The third-order valence-electron chi connectivity index (χ3n) is 1.50. The zero-order chi connectivity index (χ0) is 8.43. The Kier molecular flexibility index (Phi) is 1.94. The van der Waals surface area contributed by atoms with Crippen molar-refractivity contribution in [1.29, 1.82) is 0 Å². The fourth-order valence-corrected chi connectivity index (χ4v) is 0.880. The van der Waals surface area contributed by atoms with Crippen molar-refractivity contribution in [3.8, 4) is 0 Å². The first-order valence-electron chi connectivity index (χ1n) is 3.44. The Morgan fingerprint density at radius 3 is 2.55 bits per heavy atom. The second-order valence-corrected chi connectivity index (χ2v) is 2.29. The van der Waals surface area contributed by atoms with E-state index in [1.54, 1.807) is 0 Å². The van der Waals surface area contributed by atoms with Gasteiger partial charge in [0.1, 0.15) is 5.70 Å². The predicted octanol–water partition coefficient (Wildman–Crippen LogP) is -0.522. The third-order valence-corrected chi connectivity index (χ3v) is 1.50. The second-order valence-electron chi connectivity index (χ2n) is 2.29. The maximum Gasteiger partial charge on any atom is 0.276 e. The summed E-state index contributed by atoms with van der Waals surface area (Å²) >= 11 is 0. The van der Waals surface area contributed by atoms with Gasteiger partial charge in [-0.15, -0.1) is 0 Å². The molecule has 0 radical (unpaired) electrons. The fraction of sp³-hybridized carbons (Fsp3) is 0.429. The molecule has 11 heavy (non-hydrogen) atoms. The molecule has 4 nitrogen and oxygen atoms in total. The Labute approximate surface area is 64.9 Å². The van der Waals surface area contributed by atoms with Gasteiger partial charge in [0.25, 0.3) is 11.8 Å². The van der Waals surface area contributed by atoms with Crippen LogP contribution in [0.15, 0.2) is 11.8 Å². The number of imide groups is 1. The topological polar surface area (TPSA) is 49.4 Å². The average molecular weight is 154 g/mol. The monoisotopic (exact) mass is 154 g/mol. The van der Waals surface area contributed by atoms with Crippen LogP contribution in [0.25, 0.3) is 0 Å². The molecule has 0 spiro atoms. The van der Waals surface area contributed by atoms with Crippen molar-refractivity contribution in [1.82, 2.24) is 10.2 Å². The minimum Gasteiger partial charge on any atom is -0.381 e. The van der Waals surface area contributed by atoms with Crippen molar-refractivity contribution in [2.45, 2.75) is 6.92 Å². The molecule has 1 N–H and O–H groups in total. The molecule has 1 aliphatic rings. The lowest BCUT2D eigenvalue weighted by Crippen LogP contribution is -2.29. The van der Waals surface area contributed by atoms with E-state index in [1.165, 1.54) is 13.1 Å². The zero-order valence-electron chi connectivity index (χ0n) is 6.55. The van der Waals surface area contributed by atoms with Gasteiger partial charge in [0.15, 0.2) is 0 Å². The standard InChI is InChI=1S/C7H10N2O2/c1-3-8-5-4-6(10)9(2)7(5)11/h4,8H,3H2,1-2H3. The molecule has 1 aliphatic heterocycles. The van der Waals surface area contributed by atoms with Crippen LogP contribution in [0.3, 0.4) is 0 Å². The Balaban J connectivity index is 2.75. The van der Waals surface area contributed by atoms with E-state index < -0.39 is 0 Å². The van der Waals surface area contributed by atoms with Gasteiger partial charge in [0, 0.05) is 19.7 Å². The summed E-state index contributed by atoms with van der Waals surface area (Å²) in [5.74, 6) is -0.511. The molecule has 0 unspecified atom stereocenters. The summed E-state index contributed by atoms with van der Waals surface area (Å²) in [6.07, 6.45) is 1.31. The SMILES string of the molecule is CCNC1=CC(=O)N(C)C1=O. The Morgan fingerprint density at radius 2 is 2.18 bits per heavy atom. The van der Waals surface area contributed by atoms with Gasteiger partial charge in [-0.05, 0) is 6.92 Å². The van der Waals surface area contributed by atoms with E-state index in [4.69, 9.17) is 0 Å². The van der Waals surface area contributed by atoms with Crippen LogP contribution in [0.2, 0.25) is 0 Å². The number of hydrogen-bond donors (Lipinski definition) is 1. The van der Waals surface area contributed by atoms with E-state index in [1.807, 2.05) is 6.92 Å². The molecule has 0 atom stereocenters. The van der Waals surface area contributed by atoms with Crippen LogP contribution >= 0.6 is 0 Å². The molecule has 1 heterocycles. The van der Waals surface area contributed by atoms with Crippen LogP contribution in [-0.2, 0) is 9.59 Å². The Hall–Kier alpha value is -1.32. The molecule has 0 aromatic carbocycles. The van der Waals surface area contributed by atoms with Crippen LogP contribution in [0.4, 0.5) is 0 Å². The molecule has 0 aromatic heterocycles. The second kappa shape index (κ2) is 2.74. The molecule has 1 rings (SSSR count). The first-order valence-corrected chi connectivity index (χ1v) is 3.44. The molecular formula is C7H10N2O2. The van der Waals surface area contributed by atoms with E-state index >= 15 is 0 Å². The molecular weight excluding hydrogens is 144 g/mol. The lowest BCUT2D eigenvalue weighted by molar-refractivity contribution is -0.135. The van der Waals surface area contributed by atoms with Crippen molar-refractivity contribution in [3.05, 3.63) is 11.8 Å². The van der Waals surface area contributed by atoms with Crippen molar-refractivity contribution in [2.24, 2.45) is 0 Å². The van der Waals surface area contributed by atoms with Gasteiger partial charge in [-0.25, -0.2) is 0 Å². The number of likely N-dealkylation sites (N-methyl/N-ethyl adjacent to an activating group) is 2. The van der Waals surface area contributed by atoms with Crippen LogP contribution in [0, 0.1) is 0 Å². The van der Waals surface area contributed by atoms with E-state index in [9.17, 15) is 9.59 Å². The molecule has 2 amide bonds. The molecule has 0 fully saturated rings. The van der Waals surface area contributed by atoms with Crippen LogP contribution in [0.5, 0.6) is 0 Å². The van der Waals surface area contributed by atoms with Crippen molar-refractivity contribution < 1.29 is 9.59 Å². The zero-order valence-corrected chi connectivity index (χ0v) is 6.55. The molecule has 0 aromatic rings. The number of amides is 2. The minimum absolute atomic E-state index is 0.253. The summed E-state index contributed by atoms with van der Waals surface area (Å²) in [6.45, 7) is 2.52. The van der Waals surface area contributed by atoms with Crippen LogP contribution < -0.4 is 5.32 Å². The molecule has 0 bridgehead atoms.